The molecule has 1 saturated carbocycles. The van der Waals surface area contributed by atoms with Gasteiger partial charge in [-0.2, -0.15) is 0 Å². The Kier molecular flexibility index (Phi) is 2.89. The van der Waals surface area contributed by atoms with Crippen LogP contribution in [0.5, 0.6) is 0 Å². The van der Waals surface area contributed by atoms with E-state index in [-0.39, 0.29) is 5.91 Å². The maximum absolute atomic E-state index is 12.0. The molecule has 4 heteroatoms. The fraction of sp³-hybridized carbons (Fsp3) is 0.615. The number of nitrogens with two attached hydrogens (primary N) is 1. The molecule has 1 heterocycles. The van der Waals surface area contributed by atoms with Gasteiger partial charge >= 0.3 is 0 Å². The molecule has 94 valence electrons. The fourth-order valence-electron chi connectivity index (χ4n) is 2.28. The molecule has 0 aromatic carbocycles. The minimum atomic E-state index is -0.0314. The molecular weight excluding hydrogens is 214 g/mol. The lowest BCUT2D eigenvalue weighted by molar-refractivity contribution is 0.0931. The fourth-order valence-corrected chi connectivity index (χ4v) is 2.28. The summed E-state index contributed by atoms with van der Waals surface area (Å²) >= 11 is 0. The van der Waals surface area contributed by atoms with Gasteiger partial charge in [0.05, 0.1) is 5.69 Å². The number of aromatic nitrogens is 1. The SMILES string of the molecule is CC(C)C1(CNC(=O)c2cc(N)cn2C)CC1. The Labute approximate surface area is 102 Å². The molecule has 1 aliphatic carbocycles. The van der Waals surface area contributed by atoms with Gasteiger partial charge in [0.25, 0.3) is 5.91 Å². The zero-order valence-corrected chi connectivity index (χ0v) is 10.8. The van der Waals surface area contributed by atoms with Crippen LogP contribution in [-0.2, 0) is 7.05 Å². The van der Waals surface area contributed by atoms with Gasteiger partial charge in [0, 0.05) is 19.8 Å². The first-order chi connectivity index (χ1) is 7.94. The van der Waals surface area contributed by atoms with Crippen LogP contribution in [0, 0.1) is 11.3 Å². The number of carbonyl (C=O) groups is 1. The predicted molar refractivity (Wildman–Crippen MR) is 68.7 cm³/mol. The number of amides is 1. The smallest absolute Gasteiger partial charge is 0.267 e. The number of rotatable bonds is 4. The Morgan fingerprint density at radius 1 is 1.59 bits per heavy atom. The van der Waals surface area contributed by atoms with Crippen molar-refractivity contribution >= 4 is 11.6 Å². The second-order valence-electron chi connectivity index (χ2n) is 5.47. The molecule has 0 spiro atoms. The standard InChI is InChI=1S/C13H21N3O/c1-9(2)13(4-5-13)8-15-12(17)11-6-10(14)7-16(11)3/h6-7,9H,4-5,8,14H2,1-3H3,(H,15,17). The van der Waals surface area contributed by atoms with E-state index in [1.807, 2.05) is 7.05 Å². The highest BCUT2D eigenvalue weighted by Gasteiger charge is 2.45. The first kappa shape index (κ1) is 12.0. The van der Waals surface area contributed by atoms with Crippen LogP contribution in [0.25, 0.3) is 0 Å². The monoisotopic (exact) mass is 235 g/mol. The summed E-state index contributed by atoms with van der Waals surface area (Å²) in [6, 6.07) is 1.71. The number of hydrogen-bond acceptors (Lipinski definition) is 2. The van der Waals surface area contributed by atoms with Gasteiger partial charge in [-0.15, -0.1) is 0 Å². The van der Waals surface area contributed by atoms with Crippen LogP contribution < -0.4 is 11.1 Å². The van der Waals surface area contributed by atoms with E-state index in [4.69, 9.17) is 5.73 Å². The maximum atomic E-state index is 12.0. The van der Waals surface area contributed by atoms with Crippen molar-refractivity contribution < 1.29 is 4.79 Å². The largest absolute Gasteiger partial charge is 0.397 e. The molecule has 17 heavy (non-hydrogen) atoms. The lowest BCUT2D eigenvalue weighted by Gasteiger charge is -2.20. The molecule has 1 aliphatic rings. The van der Waals surface area contributed by atoms with Crippen molar-refractivity contribution in [3.05, 3.63) is 18.0 Å². The lowest BCUT2D eigenvalue weighted by atomic mass is 9.92. The highest BCUT2D eigenvalue weighted by atomic mass is 16.1. The Balaban J connectivity index is 1.96. The van der Waals surface area contributed by atoms with E-state index < -0.39 is 0 Å². The van der Waals surface area contributed by atoms with E-state index in [0.29, 0.717) is 22.7 Å². The number of aryl methyl sites for hydroxylation is 1. The summed E-state index contributed by atoms with van der Waals surface area (Å²) in [7, 11) is 1.83. The molecule has 1 aromatic rings. The number of carbonyl (C=O) groups excluding carboxylic acids is 1. The number of nitrogens with one attached hydrogen (secondary N) is 1. The van der Waals surface area contributed by atoms with E-state index >= 15 is 0 Å². The van der Waals surface area contributed by atoms with Crippen LogP contribution >= 0.6 is 0 Å². The molecular formula is C13H21N3O. The van der Waals surface area contributed by atoms with E-state index in [1.165, 1.54) is 12.8 Å². The molecule has 0 saturated heterocycles. The van der Waals surface area contributed by atoms with Crippen molar-refractivity contribution in [3.8, 4) is 0 Å². The Bertz CT molecular complexity index is 430. The van der Waals surface area contributed by atoms with Crippen molar-refractivity contribution in [1.82, 2.24) is 9.88 Å². The molecule has 0 atom stereocenters. The zero-order valence-electron chi connectivity index (χ0n) is 10.8. The summed E-state index contributed by atoms with van der Waals surface area (Å²) < 4.78 is 1.76. The highest BCUT2D eigenvalue weighted by Crippen LogP contribution is 2.51. The van der Waals surface area contributed by atoms with Crippen molar-refractivity contribution in [2.75, 3.05) is 12.3 Å². The number of nitrogens with zero attached hydrogens (tertiary/aromatic N) is 1. The molecule has 0 aliphatic heterocycles. The average Bonchev–Trinajstić information content (AvgIpc) is 2.97. The topological polar surface area (TPSA) is 60.1 Å². The quantitative estimate of drug-likeness (QED) is 0.835. The van der Waals surface area contributed by atoms with Gasteiger partial charge in [0.15, 0.2) is 0 Å². The van der Waals surface area contributed by atoms with Crippen LogP contribution in [-0.4, -0.2) is 17.0 Å². The van der Waals surface area contributed by atoms with Crippen molar-refractivity contribution in [2.45, 2.75) is 26.7 Å². The summed E-state index contributed by atoms with van der Waals surface area (Å²) in [6.07, 6.45) is 4.20. The van der Waals surface area contributed by atoms with Crippen LogP contribution in [0.2, 0.25) is 0 Å². The molecule has 1 amide bonds. The Hall–Kier alpha value is -1.45. The Morgan fingerprint density at radius 3 is 2.65 bits per heavy atom. The van der Waals surface area contributed by atoms with Gasteiger partial charge in [0.1, 0.15) is 5.69 Å². The van der Waals surface area contributed by atoms with Crippen molar-refractivity contribution in [2.24, 2.45) is 18.4 Å². The number of hydrogen-bond donors (Lipinski definition) is 2. The molecule has 0 bridgehead atoms. The summed E-state index contributed by atoms with van der Waals surface area (Å²) in [5.41, 5.74) is 7.25. The molecule has 0 radical (unpaired) electrons. The van der Waals surface area contributed by atoms with Gasteiger partial charge in [-0.1, -0.05) is 13.8 Å². The van der Waals surface area contributed by atoms with Gasteiger partial charge in [0.2, 0.25) is 0 Å². The first-order valence-corrected chi connectivity index (χ1v) is 6.15. The predicted octanol–water partition coefficient (Wildman–Crippen LogP) is 1.77. The third-order valence-electron chi connectivity index (χ3n) is 3.98. The van der Waals surface area contributed by atoms with Crippen LogP contribution in [0.1, 0.15) is 37.2 Å². The van der Waals surface area contributed by atoms with Crippen LogP contribution in [0.3, 0.4) is 0 Å². The highest BCUT2D eigenvalue weighted by molar-refractivity contribution is 5.93. The number of anilines is 1. The third-order valence-corrected chi connectivity index (χ3v) is 3.98. The summed E-state index contributed by atoms with van der Waals surface area (Å²) in [4.78, 5) is 12.0. The summed E-state index contributed by atoms with van der Waals surface area (Å²) in [5, 5.41) is 3.02. The average molecular weight is 235 g/mol. The first-order valence-electron chi connectivity index (χ1n) is 6.15. The van der Waals surface area contributed by atoms with Crippen molar-refractivity contribution in [3.63, 3.8) is 0 Å². The lowest BCUT2D eigenvalue weighted by Crippen LogP contribution is -2.33. The molecule has 4 nitrogen and oxygen atoms in total. The second kappa shape index (κ2) is 4.09. The zero-order chi connectivity index (χ0) is 12.6. The molecule has 0 unspecified atom stereocenters. The third kappa shape index (κ3) is 2.30. The van der Waals surface area contributed by atoms with Gasteiger partial charge in [-0.25, -0.2) is 0 Å². The molecule has 3 N–H and O–H groups in total. The molecule has 1 fully saturated rings. The Morgan fingerprint density at radius 2 is 2.24 bits per heavy atom. The minimum Gasteiger partial charge on any atom is -0.397 e. The van der Waals surface area contributed by atoms with Gasteiger partial charge in [-0.05, 0) is 30.2 Å². The van der Waals surface area contributed by atoms with Gasteiger partial charge in [-0.3, -0.25) is 4.79 Å². The molecule has 1 aromatic heterocycles. The van der Waals surface area contributed by atoms with Crippen LogP contribution in [0.15, 0.2) is 12.3 Å². The summed E-state index contributed by atoms with van der Waals surface area (Å²) in [6.45, 7) is 5.22. The van der Waals surface area contributed by atoms with Gasteiger partial charge < -0.3 is 15.6 Å². The minimum absolute atomic E-state index is 0.0314. The van der Waals surface area contributed by atoms with E-state index in [0.717, 1.165) is 6.54 Å². The number of nitrogen functional groups attached to an aromatic ring is 1. The second-order valence-corrected chi connectivity index (χ2v) is 5.47. The maximum Gasteiger partial charge on any atom is 0.267 e. The van der Waals surface area contributed by atoms with Crippen molar-refractivity contribution in [1.29, 1.82) is 0 Å². The molecule has 2 rings (SSSR count). The van der Waals surface area contributed by atoms with E-state index in [9.17, 15) is 4.79 Å². The summed E-state index contributed by atoms with van der Waals surface area (Å²) in [5.74, 6) is 0.595. The normalized spacial score (nSPS) is 17.2. The van der Waals surface area contributed by atoms with E-state index in [1.54, 1.807) is 16.8 Å². The van der Waals surface area contributed by atoms with E-state index in [2.05, 4.69) is 19.2 Å². The van der Waals surface area contributed by atoms with Crippen LogP contribution in [0.4, 0.5) is 5.69 Å².